The molecule has 1 atom stereocenters. The lowest BCUT2D eigenvalue weighted by molar-refractivity contribution is 0.589. The lowest BCUT2D eigenvalue weighted by Crippen LogP contribution is -2.18. The van der Waals surface area contributed by atoms with E-state index in [0.29, 0.717) is 6.04 Å². The van der Waals surface area contributed by atoms with Crippen LogP contribution in [0.5, 0.6) is 0 Å². The van der Waals surface area contributed by atoms with Crippen LogP contribution in [0.2, 0.25) is 0 Å². The average Bonchev–Trinajstić information content (AvgIpc) is 2.83. The first-order valence-electron chi connectivity index (χ1n) is 6.89. The van der Waals surface area contributed by atoms with Crippen molar-refractivity contribution in [3.8, 4) is 0 Å². The zero-order chi connectivity index (χ0) is 13.8. The van der Waals surface area contributed by atoms with E-state index in [0.717, 1.165) is 13.0 Å². The van der Waals surface area contributed by atoms with Gasteiger partial charge in [0.05, 0.1) is 6.20 Å². The number of hydrogen-bond acceptors (Lipinski definition) is 2. The van der Waals surface area contributed by atoms with E-state index in [1.807, 2.05) is 17.9 Å². The average molecular weight is 257 g/mol. The van der Waals surface area contributed by atoms with Gasteiger partial charge < -0.3 is 5.32 Å². The molecule has 102 valence electrons. The van der Waals surface area contributed by atoms with E-state index in [9.17, 15) is 0 Å². The Morgan fingerprint density at radius 1 is 1.21 bits per heavy atom. The summed E-state index contributed by atoms with van der Waals surface area (Å²) in [5, 5.41) is 7.75. The highest BCUT2D eigenvalue weighted by atomic mass is 15.3. The molecule has 0 aliphatic carbocycles. The lowest BCUT2D eigenvalue weighted by atomic mass is 9.98. The number of aromatic nitrogens is 2. The van der Waals surface area contributed by atoms with E-state index in [1.54, 1.807) is 0 Å². The van der Waals surface area contributed by atoms with E-state index >= 15 is 0 Å². The first-order chi connectivity index (χ1) is 9.12. The molecule has 0 saturated heterocycles. The largest absolute Gasteiger partial charge is 0.313 e. The van der Waals surface area contributed by atoms with Crippen LogP contribution < -0.4 is 5.32 Å². The van der Waals surface area contributed by atoms with Crippen LogP contribution in [0, 0.1) is 13.8 Å². The van der Waals surface area contributed by atoms with Crippen LogP contribution in [0.4, 0.5) is 0 Å². The molecule has 0 fully saturated rings. The minimum atomic E-state index is 0.321. The molecule has 3 heteroatoms. The summed E-state index contributed by atoms with van der Waals surface area (Å²) in [6, 6.07) is 7.07. The van der Waals surface area contributed by atoms with Crippen molar-refractivity contribution in [1.29, 1.82) is 0 Å². The van der Waals surface area contributed by atoms with Crippen LogP contribution in [0.3, 0.4) is 0 Å². The molecular weight excluding hydrogens is 234 g/mol. The Balaban J connectivity index is 2.18. The molecule has 0 saturated carbocycles. The van der Waals surface area contributed by atoms with E-state index in [1.165, 1.54) is 22.3 Å². The number of benzene rings is 1. The maximum absolute atomic E-state index is 4.36. The van der Waals surface area contributed by atoms with Gasteiger partial charge in [-0.25, -0.2) is 0 Å². The van der Waals surface area contributed by atoms with Crippen molar-refractivity contribution in [3.63, 3.8) is 0 Å². The van der Waals surface area contributed by atoms with Gasteiger partial charge in [0, 0.05) is 24.3 Å². The number of likely N-dealkylation sites (N-methyl/N-ethyl adjacent to an activating group) is 1. The highest BCUT2D eigenvalue weighted by Crippen LogP contribution is 2.19. The fourth-order valence-corrected chi connectivity index (χ4v) is 2.54. The normalized spacial score (nSPS) is 12.6. The summed E-state index contributed by atoms with van der Waals surface area (Å²) in [6.45, 7) is 7.33. The number of rotatable bonds is 5. The molecule has 19 heavy (non-hydrogen) atoms. The molecule has 1 aromatic carbocycles. The lowest BCUT2D eigenvalue weighted by Gasteiger charge is -2.15. The van der Waals surface area contributed by atoms with Gasteiger partial charge in [-0.1, -0.05) is 29.3 Å². The zero-order valence-electron chi connectivity index (χ0n) is 12.3. The standard InChI is InChI=1S/C16H23N3/c1-5-19-11-15(10-18-19)16(17-4)9-14-7-12(2)6-13(3)8-14/h6-8,10-11,16-17H,5,9H2,1-4H3. The van der Waals surface area contributed by atoms with Gasteiger partial charge in [-0.3, -0.25) is 4.68 Å². The fourth-order valence-electron chi connectivity index (χ4n) is 2.54. The highest BCUT2D eigenvalue weighted by Gasteiger charge is 2.12. The topological polar surface area (TPSA) is 29.9 Å². The Kier molecular flexibility index (Phi) is 4.38. The molecule has 0 aliphatic rings. The summed E-state index contributed by atoms with van der Waals surface area (Å²) < 4.78 is 1.97. The maximum atomic E-state index is 4.36. The second-order valence-corrected chi connectivity index (χ2v) is 5.17. The molecule has 0 radical (unpaired) electrons. The predicted octanol–water partition coefficient (Wildman–Crippen LogP) is 3.02. The van der Waals surface area contributed by atoms with Gasteiger partial charge in [0.25, 0.3) is 0 Å². The minimum Gasteiger partial charge on any atom is -0.313 e. The second-order valence-electron chi connectivity index (χ2n) is 5.17. The Bertz CT molecular complexity index is 522. The third-order valence-corrected chi connectivity index (χ3v) is 3.45. The van der Waals surface area contributed by atoms with E-state index < -0.39 is 0 Å². The summed E-state index contributed by atoms with van der Waals surface area (Å²) >= 11 is 0. The van der Waals surface area contributed by atoms with Crippen LogP contribution in [0.15, 0.2) is 30.6 Å². The molecule has 3 nitrogen and oxygen atoms in total. The number of aryl methyl sites for hydroxylation is 3. The molecule has 2 rings (SSSR count). The van der Waals surface area contributed by atoms with Gasteiger partial charge >= 0.3 is 0 Å². The summed E-state index contributed by atoms with van der Waals surface area (Å²) in [5.74, 6) is 0. The monoisotopic (exact) mass is 257 g/mol. The van der Waals surface area contributed by atoms with Crippen molar-refractivity contribution < 1.29 is 0 Å². The van der Waals surface area contributed by atoms with Gasteiger partial charge in [0.15, 0.2) is 0 Å². The molecule has 2 aromatic rings. The van der Waals surface area contributed by atoms with Crippen LogP contribution in [0.25, 0.3) is 0 Å². The molecule has 0 bridgehead atoms. The van der Waals surface area contributed by atoms with Gasteiger partial charge in [0.2, 0.25) is 0 Å². The molecular formula is C16H23N3. The van der Waals surface area contributed by atoms with E-state index in [-0.39, 0.29) is 0 Å². The number of hydrogen-bond donors (Lipinski definition) is 1. The Morgan fingerprint density at radius 2 is 1.89 bits per heavy atom. The maximum Gasteiger partial charge on any atom is 0.0537 e. The van der Waals surface area contributed by atoms with Gasteiger partial charge in [-0.15, -0.1) is 0 Å². The molecule has 1 aromatic heterocycles. The van der Waals surface area contributed by atoms with Crippen LogP contribution >= 0.6 is 0 Å². The van der Waals surface area contributed by atoms with E-state index in [4.69, 9.17) is 0 Å². The molecule has 0 spiro atoms. The number of nitrogens with zero attached hydrogens (tertiary/aromatic N) is 2. The fraction of sp³-hybridized carbons (Fsp3) is 0.438. The first-order valence-corrected chi connectivity index (χ1v) is 6.89. The minimum absolute atomic E-state index is 0.321. The predicted molar refractivity (Wildman–Crippen MR) is 79.3 cm³/mol. The van der Waals surface area contributed by atoms with Crippen molar-refractivity contribution in [2.75, 3.05) is 7.05 Å². The highest BCUT2D eigenvalue weighted by molar-refractivity contribution is 5.30. The summed E-state index contributed by atoms with van der Waals surface area (Å²) in [5.41, 5.74) is 5.29. The van der Waals surface area contributed by atoms with Gasteiger partial charge in [-0.05, 0) is 39.8 Å². The summed E-state index contributed by atoms with van der Waals surface area (Å²) in [7, 11) is 2.01. The Labute approximate surface area is 115 Å². The van der Waals surface area contributed by atoms with Crippen LogP contribution in [0.1, 0.15) is 35.2 Å². The quantitative estimate of drug-likeness (QED) is 0.892. The van der Waals surface area contributed by atoms with Crippen molar-refractivity contribution in [2.45, 2.75) is 39.8 Å². The second kappa shape index (κ2) is 6.02. The van der Waals surface area contributed by atoms with Crippen LogP contribution in [-0.2, 0) is 13.0 Å². The van der Waals surface area contributed by atoms with E-state index in [2.05, 4.69) is 55.6 Å². The molecule has 1 N–H and O–H groups in total. The third-order valence-electron chi connectivity index (χ3n) is 3.45. The summed E-state index contributed by atoms with van der Waals surface area (Å²) in [4.78, 5) is 0. The summed E-state index contributed by atoms with van der Waals surface area (Å²) in [6.07, 6.45) is 5.09. The Hall–Kier alpha value is -1.61. The van der Waals surface area contributed by atoms with Crippen molar-refractivity contribution in [3.05, 3.63) is 52.8 Å². The SMILES string of the molecule is CCn1cc(C(Cc2cc(C)cc(C)c2)NC)cn1. The molecule has 1 unspecified atom stereocenters. The molecule has 0 amide bonds. The third kappa shape index (κ3) is 3.44. The molecule has 0 aliphatic heterocycles. The van der Waals surface area contributed by atoms with Crippen molar-refractivity contribution in [1.82, 2.24) is 15.1 Å². The number of nitrogens with one attached hydrogen (secondary N) is 1. The zero-order valence-corrected chi connectivity index (χ0v) is 12.3. The van der Waals surface area contributed by atoms with Crippen molar-refractivity contribution >= 4 is 0 Å². The Morgan fingerprint density at radius 3 is 2.42 bits per heavy atom. The van der Waals surface area contributed by atoms with Crippen molar-refractivity contribution in [2.24, 2.45) is 0 Å². The van der Waals surface area contributed by atoms with Gasteiger partial charge in [-0.2, -0.15) is 5.10 Å². The first kappa shape index (κ1) is 13.8. The van der Waals surface area contributed by atoms with Gasteiger partial charge in [0.1, 0.15) is 0 Å². The smallest absolute Gasteiger partial charge is 0.0537 e. The molecule has 1 heterocycles. The van der Waals surface area contributed by atoms with Crippen LogP contribution in [-0.4, -0.2) is 16.8 Å².